The number of primary amides is 1. The summed E-state index contributed by atoms with van der Waals surface area (Å²) in [4.78, 5) is 10.9. The lowest BCUT2D eigenvalue weighted by atomic mass is 10.1. The lowest BCUT2D eigenvalue weighted by molar-refractivity contribution is 0.100. The number of benzene rings is 1. The molecular weight excluding hydrogens is 260 g/mol. The first kappa shape index (κ1) is 13.5. The topological polar surface area (TPSA) is 80.9 Å². The lowest BCUT2D eigenvalue weighted by Crippen LogP contribution is -2.10. The standard InChI is InChI=1S/C13H16N4OS/c1-8(2)12-16-17-13(19-12)15-7-9-3-5-10(6-4-9)11(14)18/h3-6,8H,7H2,1-2H3,(H2,14,18)(H,15,17). The third-order valence-electron chi connectivity index (χ3n) is 2.62. The first-order chi connectivity index (χ1) is 9.06. The highest BCUT2D eigenvalue weighted by Gasteiger charge is 2.07. The number of carbonyl (C=O) groups excluding carboxylic acids is 1. The summed E-state index contributed by atoms with van der Waals surface area (Å²) in [5.74, 6) is -0.0203. The molecule has 0 saturated heterocycles. The van der Waals surface area contributed by atoms with E-state index in [1.165, 1.54) is 0 Å². The van der Waals surface area contributed by atoms with Gasteiger partial charge in [-0.25, -0.2) is 0 Å². The molecule has 6 heteroatoms. The second kappa shape index (κ2) is 5.79. The number of hydrogen-bond acceptors (Lipinski definition) is 5. The van der Waals surface area contributed by atoms with Crippen LogP contribution in [-0.4, -0.2) is 16.1 Å². The second-order valence-electron chi connectivity index (χ2n) is 4.51. The van der Waals surface area contributed by atoms with Gasteiger partial charge in [-0.2, -0.15) is 0 Å². The van der Waals surface area contributed by atoms with E-state index in [0.29, 0.717) is 18.0 Å². The summed E-state index contributed by atoms with van der Waals surface area (Å²) in [6, 6.07) is 7.19. The molecule has 5 nitrogen and oxygen atoms in total. The van der Waals surface area contributed by atoms with Gasteiger partial charge < -0.3 is 11.1 Å². The van der Waals surface area contributed by atoms with Crippen LogP contribution in [0.15, 0.2) is 24.3 Å². The predicted octanol–water partition coefficient (Wildman–Crippen LogP) is 2.37. The fraction of sp³-hybridized carbons (Fsp3) is 0.308. The Morgan fingerprint density at radius 3 is 2.53 bits per heavy atom. The van der Waals surface area contributed by atoms with Crippen LogP contribution in [0.5, 0.6) is 0 Å². The van der Waals surface area contributed by atoms with Gasteiger partial charge >= 0.3 is 0 Å². The zero-order valence-corrected chi connectivity index (χ0v) is 11.7. The normalized spacial score (nSPS) is 10.7. The van der Waals surface area contributed by atoms with Gasteiger partial charge in [0, 0.05) is 18.0 Å². The number of anilines is 1. The molecule has 1 aromatic heterocycles. The third kappa shape index (κ3) is 3.51. The first-order valence-electron chi connectivity index (χ1n) is 6.02. The predicted molar refractivity (Wildman–Crippen MR) is 76.3 cm³/mol. The van der Waals surface area contributed by atoms with Gasteiger partial charge in [-0.3, -0.25) is 4.79 Å². The molecule has 0 fully saturated rings. The number of nitrogens with zero attached hydrogens (tertiary/aromatic N) is 2. The maximum atomic E-state index is 10.9. The van der Waals surface area contributed by atoms with Gasteiger partial charge in [0.15, 0.2) is 0 Å². The molecule has 1 heterocycles. The smallest absolute Gasteiger partial charge is 0.248 e. The van der Waals surface area contributed by atoms with E-state index in [1.807, 2.05) is 12.1 Å². The Labute approximate surface area is 115 Å². The van der Waals surface area contributed by atoms with Crippen molar-refractivity contribution in [1.29, 1.82) is 0 Å². The van der Waals surface area contributed by atoms with E-state index in [0.717, 1.165) is 15.7 Å². The second-order valence-corrected chi connectivity index (χ2v) is 5.52. The van der Waals surface area contributed by atoms with Crippen molar-refractivity contribution in [2.45, 2.75) is 26.3 Å². The zero-order chi connectivity index (χ0) is 13.8. The first-order valence-corrected chi connectivity index (χ1v) is 6.84. The van der Waals surface area contributed by atoms with Crippen LogP contribution in [0.2, 0.25) is 0 Å². The van der Waals surface area contributed by atoms with Gasteiger partial charge in [-0.15, -0.1) is 10.2 Å². The molecule has 0 aliphatic carbocycles. The Bertz CT molecular complexity index is 562. The largest absolute Gasteiger partial charge is 0.366 e. The van der Waals surface area contributed by atoms with E-state index in [4.69, 9.17) is 5.73 Å². The van der Waals surface area contributed by atoms with E-state index in [9.17, 15) is 4.79 Å². The number of rotatable bonds is 5. The number of amides is 1. The van der Waals surface area contributed by atoms with E-state index in [2.05, 4.69) is 29.4 Å². The quantitative estimate of drug-likeness (QED) is 0.878. The van der Waals surface area contributed by atoms with Crippen molar-refractivity contribution < 1.29 is 4.79 Å². The van der Waals surface area contributed by atoms with Crippen LogP contribution in [0.4, 0.5) is 5.13 Å². The maximum Gasteiger partial charge on any atom is 0.248 e. The molecule has 0 aliphatic heterocycles. The van der Waals surface area contributed by atoms with Crippen molar-refractivity contribution in [3.63, 3.8) is 0 Å². The van der Waals surface area contributed by atoms with Gasteiger partial charge in [0.2, 0.25) is 11.0 Å². The summed E-state index contributed by atoms with van der Waals surface area (Å²) in [6.45, 7) is 4.82. The molecule has 0 aliphatic rings. The molecule has 0 bridgehead atoms. The highest BCUT2D eigenvalue weighted by Crippen LogP contribution is 2.22. The average molecular weight is 276 g/mol. The molecule has 2 rings (SSSR count). The summed E-state index contributed by atoms with van der Waals surface area (Å²) in [7, 11) is 0. The van der Waals surface area contributed by atoms with E-state index in [1.54, 1.807) is 23.5 Å². The average Bonchev–Trinajstić information content (AvgIpc) is 2.86. The minimum atomic E-state index is -0.412. The van der Waals surface area contributed by atoms with Crippen LogP contribution in [0, 0.1) is 0 Å². The van der Waals surface area contributed by atoms with Crippen molar-refractivity contribution in [1.82, 2.24) is 10.2 Å². The maximum absolute atomic E-state index is 10.9. The van der Waals surface area contributed by atoms with Gasteiger partial charge in [0.05, 0.1) is 0 Å². The zero-order valence-electron chi connectivity index (χ0n) is 10.9. The van der Waals surface area contributed by atoms with Crippen LogP contribution in [-0.2, 0) is 6.54 Å². The van der Waals surface area contributed by atoms with Gasteiger partial charge in [-0.1, -0.05) is 37.3 Å². The summed E-state index contributed by atoms with van der Waals surface area (Å²) in [5.41, 5.74) is 6.77. The Balaban J connectivity index is 1.96. The van der Waals surface area contributed by atoms with Crippen LogP contribution >= 0.6 is 11.3 Å². The van der Waals surface area contributed by atoms with E-state index >= 15 is 0 Å². The van der Waals surface area contributed by atoms with E-state index < -0.39 is 5.91 Å². The molecule has 0 atom stereocenters. The van der Waals surface area contributed by atoms with Crippen molar-refractivity contribution in [3.8, 4) is 0 Å². The molecule has 0 spiro atoms. The number of hydrogen-bond donors (Lipinski definition) is 2. The minimum absolute atomic E-state index is 0.392. The van der Waals surface area contributed by atoms with Crippen molar-refractivity contribution in [3.05, 3.63) is 40.4 Å². The molecule has 2 aromatic rings. The molecule has 0 radical (unpaired) electrons. The fourth-order valence-corrected chi connectivity index (χ4v) is 2.25. The number of carbonyl (C=O) groups is 1. The SMILES string of the molecule is CC(C)c1nnc(NCc2ccc(C(N)=O)cc2)s1. The molecule has 1 aromatic carbocycles. The van der Waals surface area contributed by atoms with Gasteiger partial charge in [0.25, 0.3) is 0 Å². The lowest BCUT2D eigenvalue weighted by Gasteiger charge is -2.03. The fourth-order valence-electron chi connectivity index (χ4n) is 1.50. The number of aromatic nitrogens is 2. The minimum Gasteiger partial charge on any atom is -0.366 e. The van der Waals surface area contributed by atoms with Gasteiger partial charge in [0.1, 0.15) is 5.01 Å². The summed E-state index contributed by atoms with van der Waals surface area (Å²) in [6.07, 6.45) is 0. The van der Waals surface area contributed by atoms with Crippen molar-refractivity contribution in [2.24, 2.45) is 5.73 Å². The molecular formula is C13H16N4OS. The number of nitrogens with two attached hydrogens (primary N) is 1. The van der Waals surface area contributed by atoms with Crippen LogP contribution < -0.4 is 11.1 Å². The third-order valence-corrected chi connectivity index (χ3v) is 3.80. The van der Waals surface area contributed by atoms with E-state index in [-0.39, 0.29) is 0 Å². The van der Waals surface area contributed by atoms with Crippen LogP contribution in [0.25, 0.3) is 0 Å². The highest BCUT2D eigenvalue weighted by molar-refractivity contribution is 7.15. The Kier molecular flexibility index (Phi) is 4.11. The Morgan fingerprint density at radius 2 is 2.00 bits per heavy atom. The van der Waals surface area contributed by atoms with Gasteiger partial charge in [-0.05, 0) is 17.7 Å². The Hall–Kier alpha value is -1.95. The summed E-state index contributed by atoms with van der Waals surface area (Å²) < 4.78 is 0. The van der Waals surface area contributed by atoms with Crippen LogP contribution in [0.3, 0.4) is 0 Å². The molecule has 100 valence electrons. The highest BCUT2D eigenvalue weighted by atomic mass is 32.1. The molecule has 0 unspecified atom stereocenters. The van der Waals surface area contributed by atoms with Crippen LogP contribution in [0.1, 0.15) is 40.7 Å². The molecule has 3 N–H and O–H groups in total. The molecule has 1 amide bonds. The van der Waals surface area contributed by atoms with Crippen molar-refractivity contribution >= 4 is 22.4 Å². The summed E-state index contributed by atoms with van der Waals surface area (Å²) in [5, 5.41) is 13.2. The number of nitrogens with one attached hydrogen (secondary N) is 1. The molecule has 19 heavy (non-hydrogen) atoms. The molecule has 0 saturated carbocycles. The van der Waals surface area contributed by atoms with Crippen molar-refractivity contribution in [2.75, 3.05) is 5.32 Å². The summed E-state index contributed by atoms with van der Waals surface area (Å²) >= 11 is 1.56. The monoisotopic (exact) mass is 276 g/mol. The Morgan fingerprint density at radius 1 is 1.32 bits per heavy atom.